The van der Waals surface area contributed by atoms with Crippen molar-refractivity contribution in [2.24, 2.45) is 4.99 Å². The number of hydrogen-bond donors (Lipinski definition) is 2. The largest absolute Gasteiger partial charge is 0.369 e. The summed E-state index contributed by atoms with van der Waals surface area (Å²) in [5.41, 5.74) is 2.46. The maximum atomic E-state index is 4.74. The van der Waals surface area contributed by atoms with E-state index < -0.39 is 0 Å². The van der Waals surface area contributed by atoms with Gasteiger partial charge in [-0.1, -0.05) is 39.0 Å². The molecule has 27 heavy (non-hydrogen) atoms. The number of aromatic nitrogens is 1. The van der Waals surface area contributed by atoms with Crippen LogP contribution in [-0.4, -0.2) is 37.1 Å². The molecule has 1 aliphatic heterocycles. The zero-order valence-corrected chi connectivity index (χ0v) is 19.7. The van der Waals surface area contributed by atoms with Crippen molar-refractivity contribution >= 4 is 47.0 Å². The van der Waals surface area contributed by atoms with Gasteiger partial charge in [-0.05, 0) is 18.6 Å². The first-order valence-corrected chi connectivity index (χ1v) is 10.1. The van der Waals surface area contributed by atoms with Gasteiger partial charge in [-0.15, -0.1) is 35.3 Å². The maximum absolute atomic E-state index is 4.74. The maximum Gasteiger partial charge on any atom is 0.191 e. The number of aliphatic imine (C=N–C) groups is 1. The fourth-order valence-corrected chi connectivity index (χ4v) is 3.95. The van der Waals surface area contributed by atoms with Gasteiger partial charge in [-0.3, -0.25) is 4.99 Å². The van der Waals surface area contributed by atoms with Crippen molar-refractivity contribution in [3.05, 3.63) is 46.4 Å². The van der Waals surface area contributed by atoms with Crippen molar-refractivity contribution in [3.8, 4) is 0 Å². The molecule has 2 heterocycles. The smallest absolute Gasteiger partial charge is 0.191 e. The van der Waals surface area contributed by atoms with Crippen LogP contribution >= 0.6 is 35.3 Å². The molecule has 1 fully saturated rings. The zero-order valence-electron chi connectivity index (χ0n) is 16.5. The van der Waals surface area contributed by atoms with Crippen molar-refractivity contribution in [1.29, 1.82) is 0 Å². The SMILES string of the molecule is CN=C(NCc1csc(C(C)(C)C)n1)NC1CCN(c2ccccc2)C1.I. The second-order valence-electron chi connectivity index (χ2n) is 7.73. The highest BCUT2D eigenvalue weighted by Crippen LogP contribution is 2.25. The normalized spacial score (nSPS) is 17.6. The number of rotatable bonds is 4. The number of nitrogens with zero attached hydrogens (tertiary/aromatic N) is 3. The van der Waals surface area contributed by atoms with Crippen LogP contribution in [0.2, 0.25) is 0 Å². The molecule has 1 aromatic carbocycles. The number of guanidine groups is 1. The molecular formula is C20H30IN5S. The molecule has 2 N–H and O–H groups in total. The number of thiazole rings is 1. The first kappa shape index (κ1) is 21.9. The van der Waals surface area contributed by atoms with Gasteiger partial charge in [0.25, 0.3) is 0 Å². The second kappa shape index (κ2) is 9.73. The van der Waals surface area contributed by atoms with Gasteiger partial charge in [0.15, 0.2) is 5.96 Å². The Balaban J connectivity index is 0.00000261. The molecule has 5 nitrogen and oxygen atoms in total. The van der Waals surface area contributed by atoms with Crippen LogP contribution in [0.5, 0.6) is 0 Å². The Labute approximate surface area is 183 Å². The Morgan fingerprint density at radius 1 is 1.30 bits per heavy atom. The molecule has 0 aliphatic carbocycles. The summed E-state index contributed by atoms with van der Waals surface area (Å²) in [6.07, 6.45) is 1.11. The van der Waals surface area contributed by atoms with E-state index in [0.717, 1.165) is 31.2 Å². The van der Waals surface area contributed by atoms with Crippen molar-refractivity contribution in [1.82, 2.24) is 15.6 Å². The molecule has 7 heteroatoms. The van der Waals surface area contributed by atoms with Crippen LogP contribution < -0.4 is 15.5 Å². The summed E-state index contributed by atoms with van der Waals surface area (Å²) in [5, 5.41) is 10.2. The lowest BCUT2D eigenvalue weighted by molar-refractivity contribution is 0.582. The van der Waals surface area contributed by atoms with Crippen LogP contribution in [0, 0.1) is 0 Å². The summed E-state index contributed by atoms with van der Waals surface area (Å²) in [6.45, 7) is 9.35. The molecule has 0 saturated carbocycles. The minimum atomic E-state index is 0. The Bertz CT molecular complexity index is 738. The predicted octanol–water partition coefficient (Wildman–Crippen LogP) is 4.00. The third-order valence-corrected chi connectivity index (χ3v) is 5.82. The van der Waals surface area contributed by atoms with Crippen molar-refractivity contribution in [2.45, 2.75) is 45.2 Å². The minimum absolute atomic E-state index is 0. The minimum Gasteiger partial charge on any atom is -0.369 e. The van der Waals surface area contributed by atoms with Gasteiger partial charge < -0.3 is 15.5 Å². The third-order valence-electron chi connectivity index (χ3n) is 4.50. The number of para-hydroxylation sites is 1. The highest BCUT2D eigenvalue weighted by atomic mass is 127. The van der Waals surface area contributed by atoms with E-state index >= 15 is 0 Å². The molecular weight excluding hydrogens is 469 g/mol. The molecule has 0 spiro atoms. The van der Waals surface area contributed by atoms with E-state index in [2.05, 4.69) is 77.0 Å². The number of halogens is 1. The molecule has 2 aromatic rings. The average molecular weight is 499 g/mol. The molecule has 148 valence electrons. The Kier molecular flexibility index (Phi) is 7.91. The van der Waals surface area contributed by atoms with Gasteiger partial charge in [-0.2, -0.15) is 0 Å². The molecule has 0 bridgehead atoms. The van der Waals surface area contributed by atoms with Crippen LogP contribution in [0.15, 0.2) is 40.7 Å². The summed E-state index contributed by atoms with van der Waals surface area (Å²) in [7, 11) is 1.82. The van der Waals surface area contributed by atoms with E-state index in [1.165, 1.54) is 10.7 Å². The first-order valence-electron chi connectivity index (χ1n) is 9.18. The van der Waals surface area contributed by atoms with Gasteiger partial charge in [0, 0.05) is 42.7 Å². The average Bonchev–Trinajstić information content (AvgIpc) is 3.28. The van der Waals surface area contributed by atoms with E-state index in [4.69, 9.17) is 4.98 Å². The first-order chi connectivity index (χ1) is 12.5. The van der Waals surface area contributed by atoms with Gasteiger partial charge >= 0.3 is 0 Å². The standard InChI is InChI=1S/C20H29N5S.HI/c1-20(2,3)18-23-16(14-26-18)12-22-19(21-4)24-15-10-11-25(13-15)17-8-6-5-7-9-17;/h5-9,14-15H,10-13H2,1-4H3,(H2,21,22,24);1H. The molecule has 1 unspecified atom stereocenters. The lowest BCUT2D eigenvalue weighted by atomic mass is 9.98. The highest BCUT2D eigenvalue weighted by molar-refractivity contribution is 14.0. The number of hydrogen-bond acceptors (Lipinski definition) is 4. The van der Waals surface area contributed by atoms with Crippen LogP contribution in [-0.2, 0) is 12.0 Å². The predicted molar refractivity (Wildman–Crippen MR) is 127 cm³/mol. The summed E-state index contributed by atoms with van der Waals surface area (Å²) in [5.74, 6) is 0.843. The lowest BCUT2D eigenvalue weighted by Gasteiger charge is -2.20. The number of benzene rings is 1. The molecule has 1 atom stereocenters. The number of nitrogens with one attached hydrogen (secondary N) is 2. The van der Waals surface area contributed by atoms with Crippen molar-refractivity contribution in [2.75, 3.05) is 25.0 Å². The van der Waals surface area contributed by atoms with Crippen LogP contribution in [0.4, 0.5) is 5.69 Å². The molecule has 3 rings (SSSR count). The fourth-order valence-electron chi connectivity index (χ4n) is 3.05. The quantitative estimate of drug-likeness (QED) is 0.380. The summed E-state index contributed by atoms with van der Waals surface area (Å²) >= 11 is 1.73. The van der Waals surface area contributed by atoms with Gasteiger partial charge in [0.05, 0.1) is 17.2 Å². The highest BCUT2D eigenvalue weighted by Gasteiger charge is 2.23. The van der Waals surface area contributed by atoms with Crippen LogP contribution in [0.1, 0.15) is 37.9 Å². The summed E-state index contributed by atoms with van der Waals surface area (Å²) in [4.78, 5) is 11.5. The lowest BCUT2D eigenvalue weighted by Crippen LogP contribution is -2.44. The van der Waals surface area contributed by atoms with Crippen LogP contribution in [0.25, 0.3) is 0 Å². The van der Waals surface area contributed by atoms with Gasteiger partial charge in [0.1, 0.15) is 0 Å². The fraction of sp³-hybridized carbons (Fsp3) is 0.500. The van der Waals surface area contributed by atoms with Gasteiger partial charge in [-0.25, -0.2) is 4.98 Å². The van der Waals surface area contributed by atoms with Gasteiger partial charge in [0.2, 0.25) is 0 Å². The monoisotopic (exact) mass is 499 g/mol. The van der Waals surface area contributed by atoms with E-state index in [9.17, 15) is 0 Å². The molecule has 1 aliphatic rings. The molecule has 1 saturated heterocycles. The topological polar surface area (TPSA) is 52.6 Å². The molecule has 0 radical (unpaired) electrons. The Morgan fingerprint density at radius 2 is 2.04 bits per heavy atom. The van der Waals surface area contributed by atoms with Crippen molar-refractivity contribution < 1.29 is 0 Å². The van der Waals surface area contributed by atoms with Crippen LogP contribution in [0.3, 0.4) is 0 Å². The summed E-state index contributed by atoms with van der Waals surface area (Å²) in [6, 6.07) is 11.0. The van der Waals surface area contributed by atoms with E-state index in [1.54, 1.807) is 11.3 Å². The number of anilines is 1. The Morgan fingerprint density at radius 3 is 2.67 bits per heavy atom. The third kappa shape index (κ3) is 6.07. The van der Waals surface area contributed by atoms with E-state index in [0.29, 0.717) is 12.6 Å². The second-order valence-corrected chi connectivity index (χ2v) is 8.59. The Hall–Kier alpha value is -1.35. The molecule has 0 amide bonds. The van der Waals surface area contributed by atoms with E-state index in [-0.39, 0.29) is 29.4 Å². The van der Waals surface area contributed by atoms with Crippen molar-refractivity contribution in [3.63, 3.8) is 0 Å². The summed E-state index contributed by atoms with van der Waals surface area (Å²) < 4.78 is 0. The zero-order chi connectivity index (χ0) is 18.6. The molecule has 1 aromatic heterocycles. The van der Waals surface area contributed by atoms with E-state index in [1.807, 2.05) is 7.05 Å².